The second-order valence-electron chi connectivity index (χ2n) is 8.01. The maximum atomic E-state index is 12.7. The summed E-state index contributed by atoms with van der Waals surface area (Å²) in [7, 11) is 0. The molecule has 1 N–H and O–H groups in total. The third kappa shape index (κ3) is 3.21. The summed E-state index contributed by atoms with van der Waals surface area (Å²) in [4.78, 5) is 19.0. The summed E-state index contributed by atoms with van der Waals surface area (Å²) in [6.45, 7) is 3.55. The smallest absolute Gasteiger partial charge is 0.316 e. The average molecular weight is 377 g/mol. The summed E-state index contributed by atoms with van der Waals surface area (Å²) in [5, 5.41) is 12.2. The lowest BCUT2D eigenvalue weighted by Gasteiger charge is -2.33. The van der Waals surface area contributed by atoms with Crippen LogP contribution in [0.3, 0.4) is 0 Å². The molecule has 0 unspecified atom stereocenters. The monoisotopic (exact) mass is 377 g/mol. The molecule has 1 atom stereocenters. The van der Waals surface area contributed by atoms with Gasteiger partial charge in [-0.2, -0.15) is 0 Å². The normalized spacial score (nSPS) is 19.0. The summed E-state index contributed by atoms with van der Waals surface area (Å²) >= 11 is 0. The molecule has 1 aliphatic carbocycles. The fraction of sp³-hybridized carbons (Fsp3) is 0.429. The molecule has 28 heavy (non-hydrogen) atoms. The highest BCUT2D eigenvalue weighted by Crippen LogP contribution is 2.53. The van der Waals surface area contributed by atoms with Crippen molar-refractivity contribution < 1.29 is 9.21 Å². The summed E-state index contributed by atoms with van der Waals surface area (Å²) in [5.74, 6) is 0.508. The highest BCUT2D eigenvalue weighted by atomic mass is 16.4. The van der Waals surface area contributed by atoms with Crippen molar-refractivity contribution in [2.45, 2.75) is 38.6 Å². The Morgan fingerprint density at radius 3 is 2.79 bits per heavy atom. The van der Waals surface area contributed by atoms with Crippen molar-refractivity contribution >= 4 is 22.8 Å². The quantitative estimate of drug-likeness (QED) is 0.749. The molecule has 7 nitrogen and oxygen atoms in total. The molecule has 7 heteroatoms. The number of aromatic nitrogens is 3. The molecule has 3 heterocycles. The Bertz CT molecular complexity index is 1020. The Labute approximate surface area is 163 Å². The molecule has 1 saturated heterocycles. The van der Waals surface area contributed by atoms with Crippen molar-refractivity contribution in [3.63, 3.8) is 0 Å². The number of hydrogen-bond acceptors (Lipinski definition) is 6. The van der Waals surface area contributed by atoms with E-state index in [0.29, 0.717) is 11.3 Å². The minimum absolute atomic E-state index is 0.0898. The van der Waals surface area contributed by atoms with Crippen LogP contribution < -0.4 is 5.32 Å². The maximum Gasteiger partial charge on any atom is 0.316 e. The van der Waals surface area contributed by atoms with E-state index in [1.54, 1.807) is 6.20 Å². The molecule has 1 spiro atoms. The van der Waals surface area contributed by atoms with Crippen molar-refractivity contribution in [2.75, 3.05) is 18.4 Å². The lowest BCUT2D eigenvalue weighted by Crippen LogP contribution is -2.45. The van der Waals surface area contributed by atoms with Gasteiger partial charge in [0.1, 0.15) is 6.04 Å². The topological polar surface area (TPSA) is 84.1 Å². The number of carbonyl (C=O) groups excluding carboxylic acids is 1. The maximum absolute atomic E-state index is 12.7. The predicted molar refractivity (Wildman–Crippen MR) is 106 cm³/mol. The number of pyridine rings is 1. The average Bonchev–Trinajstić information content (AvgIpc) is 3.31. The molecule has 2 fully saturated rings. The molecule has 2 aromatic heterocycles. The van der Waals surface area contributed by atoms with Crippen LogP contribution in [0.4, 0.5) is 6.01 Å². The number of rotatable bonds is 4. The first-order chi connectivity index (χ1) is 13.6. The van der Waals surface area contributed by atoms with Gasteiger partial charge in [-0.25, -0.2) is 0 Å². The van der Waals surface area contributed by atoms with Gasteiger partial charge >= 0.3 is 6.01 Å². The van der Waals surface area contributed by atoms with Crippen molar-refractivity contribution in [1.29, 1.82) is 0 Å². The number of amides is 1. The van der Waals surface area contributed by atoms with E-state index in [1.807, 2.05) is 42.2 Å². The highest BCUT2D eigenvalue weighted by Gasteiger charge is 2.45. The third-order valence-corrected chi connectivity index (χ3v) is 6.08. The van der Waals surface area contributed by atoms with Crippen LogP contribution in [-0.2, 0) is 4.79 Å². The number of benzene rings is 1. The van der Waals surface area contributed by atoms with E-state index in [0.717, 1.165) is 42.4 Å². The van der Waals surface area contributed by atoms with Crippen molar-refractivity contribution in [2.24, 2.45) is 5.41 Å². The first-order valence-corrected chi connectivity index (χ1v) is 9.86. The second kappa shape index (κ2) is 6.58. The predicted octanol–water partition coefficient (Wildman–Crippen LogP) is 3.49. The molecule has 1 aromatic carbocycles. The van der Waals surface area contributed by atoms with Gasteiger partial charge in [0.2, 0.25) is 11.8 Å². The summed E-state index contributed by atoms with van der Waals surface area (Å²) in [5.41, 5.74) is 2.30. The zero-order valence-corrected chi connectivity index (χ0v) is 15.9. The molecule has 144 valence electrons. The summed E-state index contributed by atoms with van der Waals surface area (Å²) in [6, 6.07) is 9.55. The van der Waals surface area contributed by atoms with Crippen LogP contribution in [0.5, 0.6) is 0 Å². The van der Waals surface area contributed by atoms with Gasteiger partial charge in [0, 0.05) is 30.2 Å². The summed E-state index contributed by atoms with van der Waals surface area (Å²) in [6.07, 6.45) is 6.69. The molecular weight excluding hydrogens is 354 g/mol. The third-order valence-electron chi connectivity index (χ3n) is 6.08. The number of piperidine rings is 1. The van der Waals surface area contributed by atoms with E-state index in [4.69, 9.17) is 4.42 Å². The van der Waals surface area contributed by atoms with Crippen LogP contribution in [0, 0.1) is 5.41 Å². The molecule has 0 bridgehead atoms. The molecule has 2 aliphatic rings. The number of fused-ring (bicyclic) bond motifs is 1. The van der Waals surface area contributed by atoms with Gasteiger partial charge < -0.3 is 14.6 Å². The van der Waals surface area contributed by atoms with Crippen molar-refractivity contribution in [1.82, 2.24) is 20.1 Å². The minimum atomic E-state index is -0.401. The van der Waals surface area contributed by atoms with Crippen molar-refractivity contribution in [3.8, 4) is 11.5 Å². The van der Waals surface area contributed by atoms with E-state index < -0.39 is 6.04 Å². The molecule has 3 aromatic rings. The van der Waals surface area contributed by atoms with Gasteiger partial charge in [0.25, 0.3) is 0 Å². The zero-order valence-electron chi connectivity index (χ0n) is 15.9. The van der Waals surface area contributed by atoms with E-state index in [1.165, 1.54) is 12.8 Å². The molecule has 5 rings (SSSR count). The zero-order chi connectivity index (χ0) is 19.1. The Balaban J connectivity index is 1.25. The van der Waals surface area contributed by atoms with Crippen LogP contribution in [0.15, 0.2) is 40.9 Å². The first kappa shape index (κ1) is 17.2. The van der Waals surface area contributed by atoms with Gasteiger partial charge in [-0.15, -0.1) is 5.10 Å². The number of nitrogens with one attached hydrogen (secondary N) is 1. The van der Waals surface area contributed by atoms with E-state index >= 15 is 0 Å². The van der Waals surface area contributed by atoms with Crippen LogP contribution >= 0.6 is 0 Å². The van der Waals surface area contributed by atoms with Gasteiger partial charge in [0.05, 0.1) is 5.52 Å². The summed E-state index contributed by atoms with van der Waals surface area (Å²) < 4.78 is 5.75. The SMILES string of the molecule is C[C@H](Nc1nnc(-c2ccc3ncccc3c2)o1)C(=O)N1CCC2(CC1)CC2. The number of carbonyl (C=O) groups is 1. The Kier molecular flexibility index (Phi) is 4.03. The lowest BCUT2D eigenvalue weighted by atomic mass is 9.93. The van der Waals surface area contributed by atoms with Crippen LogP contribution in [0.25, 0.3) is 22.4 Å². The first-order valence-electron chi connectivity index (χ1n) is 9.86. The molecule has 1 aliphatic heterocycles. The molecule has 0 radical (unpaired) electrons. The number of anilines is 1. The van der Waals surface area contributed by atoms with E-state index in [-0.39, 0.29) is 11.9 Å². The van der Waals surface area contributed by atoms with Gasteiger partial charge in [-0.3, -0.25) is 9.78 Å². The highest BCUT2D eigenvalue weighted by molar-refractivity contribution is 5.84. The number of likely N-dealkylation sites (tertiary alicyclic amines) is 1. The number of hydrogen-bond donors (Lipinski definition) is 1. The fourth-order valence-corrected chi connectivity index (χ4v) is 4.01. The molecule has 1 saturated carbocycles. The standard InChI is InChI=1S/C21H23N5O2/c1-14(19(27)26-11-8-21(6-7-21)9-12-26)23-20-25-24-18(28-20)16-4-5-17-15(13-16)3-2-10-22-17/h2-5,10,13-14H,6-9,11-12H2,1H3,(H,23,25)/t14-/m0/s1. The largest absolute Gasteiger partial charge is 0.403 e. The fourth-order valence-electron chi connectivity index (χ4n) is 4.01. The minimum Gasteiger partial charge on any atom is -0.403 e. The lowest BCUT2D eigenvalue weighted by molar-refractivity contribution is -0.133. The van der Waals surface area contributed by atoms with Gasteiger partial charge in [-0.05, 0) is 62.3 Å². The van der Waals surface area contributed by atoms with Crippen LogP contribution in [-0.4, -0.2) is 45.1 Å². The Morgan fingerprint density at radius 2 is 2.00 bits per heavy atom. The van der Waals surface area contributed by atoms with Crippen LogP contribution in [0.1, 0.15) is 32.6 Å². The van der Waals surface area contributed by atoms with Gasteiger partial charge in [-0.1, -0.05) is 11.2 Å². The Morgan fingerprint density at radius 1 is 1.18 bits per heavy atom. The van der Waals surface area contributed by atoms with E-state index in [2.05, 4.69) is 20.5 Å². The van der Waals surface area contributed by atoms with Crippen LogP contribution in [0.2, 0.25) is 0 Å². The molecule has 1 amide bonds. The van der Waals surface area contributed by atoms with Crippen molar-refractivity contribution in [3.05, 3.63) is 36.5 Å². The Hall–Kier alpha value is -2.96. The second-order valence-corrected chi connectivity index (χ2v) is 8.01. The van der Waals surface area contributed by atoms with E-state index in [9.17, 15) is 4.79 Å². The molecular formula is C21H23N5O2. The number of nitrogens with zero attached hydrogens (tertiary/aromatic N) is 4. The van der Waals surface area contributed by atoms with Gasteiger partial charge in [0.15, 0.2) is 0 Å².